The van der Waals surface area contributed by atoms with Gasteiger partial charge in [-0.15, -0.1) is 23.9 Å². The van der Waals surface area contributed by atoms with E-state index in [-0.39, 0.29) is 0 Å². The lowest BCUT2D eigenvalue weighted by Gasteiger charge is -2.00. The normalized spacial score (nSPS) is 10.9. The highest BCUT2D eigenvalue weighted by Gasteiger charge is 2.04. The zero-order valence-electron chi connectivity index (χ0n) is 6.01. The first-order valence-electron chi connectivity index (χ1n) is 3.09. The second kappa shape index (κ2) is 5.42. The van der Waals surface area contributed by atoms with Crippen LogP contribution in [0.2, 0.25) is 0 Å². The summed E-state index contributed by atoms with van der Waals surface area (Å²) in [5, 5.41) is -0.400. The third-order valence-electron chi connectivity index (χ3n) is 0.964. The van der Waals surface area contributed by atoms with Gasteiger partial charge in [0.05, 0.1) is 0 Å². The SMILES string of the molecule is C#CCCCNS(=O)(=O)CCl. The van der Waals surface area contributed by atoms with E-state index in [2.05, 4.69) is 10.6 Å². The molecule has 0 aromatic heterocycles. The zero-order valence-corrected chi connectivity index (χ0v) is 7.58. The molecule has 0 aliphatic carbocycles. The van der Waals surface area contributed by atoms with E-state index in [9.17, 15) is 8.42 Å². The maximum absolute atomic E-state index is 10.7. The smallest absolute Gasteiger partial charge is 0.214 e. The molecule has 0 radical (unpaired) electrons. The van der Waals surface area contributed by atoms with E-state index in [0.29, 0.717) is 19.4 Å². The van der Waals surface area contributed by atoms with Gasteiger partial charge in [-0.05, 0) is 6.42 Å². The summed E-state index contributed by atoms with van der Waals surface area (Å²) >= 11 is 5.12. The van der Waals surface area contributed by atoms with Crippen molar-refractivity contribution in [2.75, 3.05) is 11.8 Å². The van der Waals surface area contributed by atoms with Crippen LogP contribution in [0.4, 0.5) is 0 Å². The van der Waals surface area contributed by atoms with E-state index in [1.165, 1.54) is 0 Å². The first-order chi connectivity index (χ1) is 5.12. The molecule has 0 amide bonds. The predicted molar refractivity (Wildman–Crippen MR) is 45.7 cm³/mol. The molecule has 0 fully saturated rings. The van der Waals surface area contributed by atoms with Gasteiger partial charge in [-0.2, -0.15) is 0 Å². The second-order valence-corrected chi connectivity index (χ2v) is 4.32. The molecule has 0 aliphatic heterocycles. The Kier molecular flexibility index (Phi) is 5.30. The third-order valence-corrected chi connectivity index (χ3v) is 2.76. The summed E-state index contributed by atoms with van der Waals surface area (Å²) in [7, 11) is -3.25. The number of hydrogen-bond donors (Lipinski definition) is 1. The Morgan fingerprint density at radius 3 is 2.64 bits per heavy atom. The number of terminal acetylenes is 1. The number of unbranched alkanes of at least 4 members (excludes halogenated alkanes) is 1. The molecule has 0 unspecified atom stereocenters. The van der Waals surface area contributed by atoms with Crippen molar-refractivity contribution in [2.45, 2.75) is 12.8 Å². The van der Waals surface area contributed by atoms with Crippen LogP contribution in [0.15, 0.2) is 0 Å². The van der Waals surface area contributed by atoms with Gasteiger partial charge < -0.3 is 0 Å². The fourth-order valence-electron chi connectivity index (χ4n) is 0.457. The van der Waals surface area contributed by atoms with Crippen molar-refractivity contribution in [1.82, 2.24) is 4.72 Å². The van der Waals surface area contributed by atoms with Crippen molar-refractivity contribution in [3.63, 3.8) is 0 Å². The maximum atomic E-state index is 10.7. The summed E-state index contributed by atoms with van der Waals surface area (Å²) < 4.78 is 23.6. The number of nitrogens with one attached hydrogen (secondary N) is 1. The molecule has 0 rings (SSSR count). The van der Waals surface area contributed by atoms with Crippen LogP contribution in [0.25, 0.3) is 0 Å². The Morgan fingerprint density at radius 1 is 1.55 bits per heavy atom. The predicted octanol–water partition coefficient (Wildman–Crippen LogP) is 0.515. The molecule has 0 saturated carbocycles. The van der Waals surface area contributed by atoms with Crippen molar-refractivity contribution in [3.8, 4) is 12.3 Å². The minimum atomic E-state index is -3.25. The molecule has 1 N–H and O–H groups in total. The fraction of sp³-hybridized carbons (Fsp3) is 0.667. The molecule has 0 heterocycles. The molecule has 0 aliphatic rings. The Hall–Kier alpha value is -0.240. The van der Waals surface area contributed by atoms with Crippen molar-refractivity contribution in [1.29, 1.82) is 0 Å². The van der Waals surface area contributed by atoms with Crippen molar-refractivity contribution in [3.05, 3.63) is 0 Å². The first-order valence-corrected chi connectivity index (χ1v) is 5.28. The lowest BCUT2D eigenvalue weighted by atomic mass is 10.3. The number of hydrogen-bond acceptors (Lipinski definition) is 2. The van der Waals surface area contributed by atoms with Crippen molar-refractivity contribution < 1.29 is 8.42 Å². The zero-order chi connectivity index (χ0) is 8.74. The fourth-order valence-corrected chi connectivity index (χ4v) is 1.22. The standard InChI is InChI=1S/C6H10ClNO2S/c1-2-3-4-5-8-11(9,10)6-7/h1,8H,3-6H2. The molecule has 0 aromatic carbocycles. The number of sulfonamides is 1. The highest BCUT2D eigenvalue weighted by atomic mass is 35.5. The lowest BCUT2D eigenvalue weighted by Crippen LogP contribution is -2.25. The van der Waals surface area contributed by atoms with Gasteiger partial charge in [-0.25, -0.2) is 13.1 Å². The Balaban J connectivity index is 3.49. The van der Waals surface area contributed by atoms with E-state index in [4.69, 9.17) is 18.0 Å². The van der Waals surface area contributed by atoms with Gasteiger partial charge in [-0.1, -0.05) is 0 Å². The summed E-state index contributed by atoms with van der Waals surface area (Å²) in [6.07, 6.45) is 6.18. The van der Waals surface area contributed by atoms with Gasteiger partial charge in [0, 0.05) is 13.0 Å². The Bertz CT molecular complexity index is 229. The number of rotatable bonds is 5. The molecule has 5 heteroatoms. The van der Waals surface area contributed by atoms with E-state index < -0.39 is 15.2 Å². The summed E-state index contributed by atoms with van der Waals surface area (Å²) in [4.78, 5) is 0. The molecular weight excluding hydrogens is 186 g/mol. The van der Waals surface area contributed by atoms with Gasteiger partial charge in [0.2, 0.25) is 10.0 Å². The summed E-state index contributed by atoms with van der Waals surface area (Å²) in [6, 6.07) is 0. The quantitative estimate of drug-likeness (QED) is 0.395. The van der Waals surface area contributed by atoms with Crippen LogP contribution in [0, 0.1) is 12.3 Å². The van der Waals surface area contributed by atoms with Crippen LogP contribution in [0.1, 0.15) is 12.8 Å². The van der Waals surface area contributed by atoms with Crippen LogP contribution < -0.4 is 4.72 Å². The van der Waals surface area contributed by atoms with Crippen molar-refractivity contribution >= 4 is 21.6 Å². The average Bonchev–Trinajstić information content (AvgIpc) is 1.99. The van der Waals surface area contributed by atoms with Crippen LogP contribution in [-0.2, 0) is 10.0 Å². The Labute approximate surface area is 72.2 Å². The maximum Gasteiger partial charge on any atom is 0.225 e. The van der Waals surface area contributed by atoms with Crippen LogP contribution in [-0.4, -0.2) is 20.2 Å². The molecular formula is C6H10ClNO2S. The van der Waals surface area contributed by atoms with Gasteiger partial charge in [-0.3, -0.25) is 0 Å². The van der Waals surface area contributed by atoms with Crippen LogP contribution in [0.3, 0.4) is 0 Å². The van der Waals surface area contributed by atoms with E-state index in [1.54, 1.807) is 0 Å². The van der Waals surface area contributed by atoms with Gasteiger partial charge >= 0.3 is 0 Å². The Morgan fingerprint density at radius 2 is 2.18 bits per heavy atom. The highest BCUT2D eigenvalue weighted by molar-refractivity contribution is 7.90. The summed E-state index contributed by atoms with van der Waals surface area (Å²) in [5.74, 6) is 2.40. The largest absolute Gasteiger partial charge is 0.225 e. The van der Waals surface area contributed by atoms with Gasteiger partial charge in [0.25, 0.3) is 0 Å². The van der Waals surface area contributed by atoms with E-state index in [1.807, 2.05) is 0 Å². The van der Waals surface area contributed by atoms with Gasteiger partial charge in [0.15, 0.2) is 0 Å². The second-order valence-electron chi connectivity index (χ2n) is 1.93. The minimum absolute atomic E-state index is 0.360. The summed E-state index contributed by atoms with van der Waals surface area (Å²) in [5.41, 5.74) is 0. The molecule has 0 aromatic rings. The van der Waals surface area contributed by atoms with Crippen molar-refractivity contribution in [2.24, 2.45) is 0 Å². The lowest BCUT2D eigenvalue weighted by molar-refractivity contribution is 0.584. The number of alkyl halides is 1. The monoisotopic (exact) mass is 195 g/mol. The van der Waals surface area contributed by atoms with Gasteiger partial charge in [0.1, 0.15) is 5.21 Å². The highest BCUT2D eigenvalue weighted by Crippen LogP contribution is 1.89. The van der Waals surface area contributed by atoms with Crippen LogP contribution in [0.5, 0.6) is 0 Å². The molecule has 0 saturated heterocycles. The summed E-state index contributed by atoms with van der Waals surface area (Å²) in [6.45, 7) is 0.360. The molecule has 0 atom stereocenters. The molecule has 3 nitrogen and oxygen atoms in total. The molecule has 0 spiro atoms. The average molecular weight is 196 g/mol. The molecule has 11 heavy (non-hydrogen) atoms. The minimum Gasteiger partial charge on any atom is -0.214 e. The first kappa shape index (κ1) is 10.8. The number of halogens is 1. The van der Waals surface area contributed by atoms with E-state index in [0.717, 1.165) is 0 Å². The third kappa shape index (κ3) is 6.17. The van der Waals surface area contributed by atoms with Crippen LogP contribution >= 0.6 is 11.6 Å². The topological polar surface area (TPSA) is 46.2 Å². The molecule has 64 valence electrons. The molecule has 0 bridgehead atoms. The van der Waals surface area contributed by atoms with E-state index >= 15 is 0 Å².